The van der Waals surface area contributed by atoms with Gasteiger partial charge in [-0.3, -0.25) is 9.59 Å². The topological polar surface area (TPSA) is 96.4 Å². The van der Waals surface area contributed by atoms with Crippen LogP contribution < -0.4 is 15.6 Å². The van der Waals surface area contributed by atoms with Crippen molar-refractivity contribution in [2.75, 3.05) is 13.2 Å². The number of pyridine rings is 1. The second-order valence-electron chi connectivity index (χ2n) is 8.77. The number of nitrogens with one attached hydrogen (secondary N) is 2. The number of aliphatic hydroxyl groups is 1. The molecule has 3 N–H and O–H groups in total. The van der Waals surface area contributed by atoms with Crippen LogP contribution in [0.2, 0.25) is 5.02 Å². The number of hydrogen-bond acceptors (Lipinski definition) is 4. The van der Waals surface area contributed by atoms with Crippen molar-refractivity contribution in [2.45, 2.75) is 27.2 Å². The van der Waals surface area contributed by atoms with Crippen molar-refractivity contribution < 1.29 is 14.6 Å². The molecule has 8 heteroatoms. The minimum absolute atomic E-state index is 0.00942. The van der Waals surface area contributed by atoms with E-state index in [1.807, 2.05) is 51.1 Å². The number of aryl methyl sites for hydroxylation is 4. The number of H-pyrrole nitrogens is 1. The molecule has 0 radical (unpaired) electrons. The normalized spacial score (nSPS) is 11.1. The number of fused-ring (bicyclic) bond motifs is 1. The zero-order chi connectivity index (χ0) is 25.3. The Morgan fingerprint density at radius 3 is 2.51 bits per heavy atom. The molecule has 0 aliphatic carbocycles. The molecule has 2 aromatic heterocycles. The Labute approximate surface area is 208 Å². The second kappa shape index (κ2) is 9.98. The lowest BCUT2D eigenvalue weighted by molar-refractivity contribution is 0.0947. The average molecular weight is 494 g/mol. The number of aromatic amines is 1. The lowest BCUT2D eigenvalue weighted by Crippen LogP contribution is -2.25. The summed E-state index contributed by atoms with van der Waals surface area (Å²) < 4.78 is 7.78. The van der Waals surface area contributed by atoms with Crippen molar-refractivity contribution in [3.05, 3.63) is 80.4 Å². The molecule has 0 aliphatic heterocycles. The van der Waals surface area contributed by atoms with Gasteiger partial charge in [0.05, 0.1) is 0 Å². The molecule has 182 valence electrons. The molecule has 1 amide bonds. The van der Waals surface area contributed by atoms with Gasteiger partial charge in [0, 0.05) is 42.4 Å². The maximum Gasteiger partial charge on any atom is 0.274 e. The molecule has 35 heavy (non-hydrogen) atoms. The van der Waals surface area contributed by atoms with E-state index in [1.54, 1.807) is 19.3 Å². The van der Waals surface area contributed by atoms with E-state index >= 15 is 0 Å². The lowest BCUT2D eigenvalue weighted by Gasteiger charge is -2.15. The molecular formula is C27H28ClN3O4. The van der Waals surface area contributed by atoms with Gasteiger partial charge in [-0.2, -0.15) is 0 Å². The van der Waals surface area contributed by atoms with Gasteiger partial charge >= 0.3 is 0 Å². The number of nitrogens with zero attached hydrogens (tertiary/aromatic N) is 1. The van der Waals surface area contributed by atoms with Crippen LogP contribution in [-0.4, -0.2) is 33.7 Å². The standard InChI is InChI=1S/C27H28ClN3O4/c1-15-8-18(12-20(9-15)35-25-16(2)10-19(28)11-17(25)3)22-14-31(4)27(34)24-21(22)13-23(30-24)26(33)29-6-5-7-32/h8-14,30,32H,5-7H2,1-4H3,(H,29,33). The maximum atomic E-state index is 12.8. The number of aliphatic hydroxyl groups excluding tert-OH is 1. The van der Waals surface area contributed by atoms with Gasteiger partial charge in [0.2, 0.25) is 0 Å². The summed E-state index contributed by atoms with van der Waals surface area (Å²) in [7, 11) is 1.68. The Hall–Kier alpha value is -3.55. The van der Waals surface area contributed by atoms with E-state index in [0.717, 1.165) is 33.6 Å². The van der Waals surface area contributed by atoms with Crippen LogP contribution in [-0.2, 0) is 7.05 Å². The SMILES string of the molecule is Cc1cc(Oc2c(C)cc(Cl)cc2C)cc(-c2cn(C)c(=O)c3[nH]c(C(=O)NCCCO)cc23)c1. The molecule has 4 rings (SSSR count). The molecule has 0 fully saturated rings. The third kappa shape index (κ3) is 5.11. The fraction of sp³-hybridized carbons (Fsp3) is 0.259. The predicted molar refractivity (Wildman–Crippen MR) is 139 cm³/mol. The van der Waals surface area contributed by atoms with E-state index in [1.165, 1.54) is 4.57 Å². The Morgan fingerprint density at radius 1 is 1.11 bits per heavy atom. The summed E-state index contributed by atoms with van der Waals surface area (Å²) in [5, 5.41) is 13.0. The van der Waals surface area contributed by atoms with Crippen molar-refractivity contribution in [1.29, 1.82) is 0 Å². The quantitative estimate of drug-likeness (QED) is 0.315. The molecule has 0 aliphatic rings. The van der Waals surface area contributed by atoms with Crippen molar-refractivity contribution in [3.8, 4) is 22.6 Å². The lowest BCUT2D eigenvalue weighted by atomic mass is 10.0. The van der Waals surface area contributed by atoms with Gasteiger partial charge in [-0.15, -0.1) is 0 Å². The number of rotatable bonds is 7. The minimum Gasteiger partial charge on any atom is -0.457 e. The van der Waals surface area contributed by atoms with Crippen LogP contribution >= 0.6 is 11.6 Å². The Kier molecular flexibility index (Phi) is 7.00. The monoisotopic (exact) mass is 493 g/mol. The van der Waals surface area contributed by atoms with E-state index in [2.05, 4.69) is 10.3 Å². The fourth-order valence-electron chi connectivity index (χ4n) is 4.20. The van der Waals surface area contributed by atoms with E-state index in [9.17, 15) is 9.59 Å². The fourth-order valence-corrected chi connectivity index (χ4v) is 4.53. The number of carbonyl (C=O) groups is 1. The van der Waals surface area contributed by atoms with Gasteiger partial charge in [-0.05, 0) is 79.8 Å². The summed E-state index contributed by atoms with van der Waals surface area (Å²) >= 11 is 6.17. The van der Waals surface area contributed by atoms with E-state index in [4.69, 9.17) is 21.4 Å². The van der Waals surface area contributed by atoms with Crippen LogP contribution in [0.1, 0.15) is 33.6 Å². The number of amides is 1. The first-order valence-corrected chi connectivity index (χ1v) is 11.7. The summed E-state index contributed by atoms with van der Waals surface area (Å²) in [4.78, 5) is 28.4. The Bertz CT molecular complexity index is 1460. The number of halogens is 1. The summed E-state index contributed by atoms with van der Waals surface area (Å²) in [6.45, 7) is 6.22. The van der Waals surface area contributed by atoms with Gasteiger partial charge in [-0.1, -0.05) is 17.7 Å². The first-order valence-electron chi connectivity index (χ1n) is 11.4. The summed E-state index contributed by atoms with van der Waals surface area (Å²) in [6.07, 6.45) is 2.22. The largest absolute Gasteiger partial charge is 0.457 e. The summed E-state index contributed by atoms with van der Waals surface area (Å²) in [5.41, 5.74) is 4.93. The Morgan fingerprint density at radius 2 is 1.83 bits per heavy atom. The summed E-state index contributed by atoms with van der Waals surface area (Å²) in [5.74, 6) is 1.08. The molecule has 0 saturated carbocycles. The Balaban J connectivity index is 1.79. The molecule has 7 nitrogen and oxygen atoms in total. The molecule has 0 atom stereocenters. The van der Waals surface area contributed by atoms with Crippen LogP contribution in [0, 0.1) is 20.8 Å². The van der Waals surface area contributed by atoms with Gasteiger partial charge < -0.3 is 24.7 Å². The minimum atomic E-state index is -0.329. The molecular weight excluding hydrogens is 466 g/mol. The van der Waals surface area contributed by atoms with Crippen molar-refractivity contribution >= 4 is 28.4 Å². The average Bonchev–Trinajstić information content (AvgIpc) is 3.24. The molecule has 4 aromatic rings. The highest BCUT2D eigenvalue weighted by Crippen LogP contribution is 2.35. The van der Waals surface area contributed by atoms with Crippen molar-refractivity contribution in [1.82, 2.24) is 14.9 Å². The van der Waals surface area contributed by atoms with Gasteiger partial charge in [0.25, 0.3) is 11.5 Å². The number of carbonyl (C=O) groups excluding carboxylic acids is 1. The van der Waals surface area contributed by atoms with E-state index in [-0.39, 0.29) is 18.1 Å². The van der Waals surface area contributed by atoms with Crippen LogP contribution in [0.15, 0.2) is 47.4 Å². The second-order valence-corrected chi connectivity index (χ2v) is 9.21. The van der Waals surface area contributed by atoms with Gasteiger partial charge in [0.1, 0.15) is 22.7 Å². The zero-order valence-electron chi connectivity index (χ0n) is 20.2. The molecule has 0 unspecified atom stereocenters. The third-order valence-electron chi connectivity index (χ3n) is 5.84. The molecule has 2 aromatic carbocycles. The first kappa shape index (κ1) is 24.6. The first-order chi connectivity index (χ1) is 16.7. The van der Waals surface area contributed by atoms with Crippen molar-refractivity contribution in [2.24, 2.45) is 7.05 Å². The number of aromatic nitrogens is 2. The van der Waals surface area contributed by atoms with Crippen LogP contribution in [0.25, 0.3) is 22.0 Å². The van der Waals surface area contributed by atoms with Crippen LogP contribution in [0.4, 0.5) is 0 Å². The van der Waals surface area contributed by atoms with Crippen LogP contribution in [0.5, 0.6) is 11.5 Å². The highest BCUT2D eigenvalue weighted by molar-refractivity contribution is 6.30. The van der Waals surface area contributed by atoms with E-state index in [0.29, 0.717) is 40.3 Å². The predicted octanol–water partition coefficient (Wildman–Crippen LogP) is 5.02. The smallest absolute Gasteiger partial charge is 0.274 e. The molecule has 0 bridgehead atoms. The number of hydrogen-bond donors (Lipinski definition) is 3. The number of benzene rings is 2. The third-order valence-corrected chi connectivity index (χ3v) is 6.05. The molecule has 0 saturated heterocycles. The molecule has 2 heterocycles. The van der Waals surface area contributed by atoms with Gasteiger partial charge in [0.15, 0.2) is 0 Å². The van der Waals surface area contributed by atoms with Gasteiger partial charge in [-0.25, -0.2) is 0 Å². The van der Waals surface area contributed by atoms with Crippen molar-refractivity contribution in [3.63, 3.8) is 0 Å². The summed E-state index contributed by atoms with van der Waals surface area (Å²) in [6, 6.07) is 11.3. The maximum absolute atomic E-state index is 12.8. The molecule has 0 spiro atoms. The highest BCUT2D eigenvalue weighted by Gasteiger charge is 2.17. The van der Waals surface area contributed by atoms with E-state index < -0.39 is 0 Å². The highest BCUT2D eigenvalue weighted by atomic mass is 35.5. The number of ether oxygens (including phenoxy) is 1. The van der Waals surface area contributed by atoms with Crippen LogP contribution in [0.3, 0.4) is 0 Å². The zero-order valence-corrected chi connectivity index (χ0v) is 20.9.